The molecular weight excluding hydrogens is 202 g/mol. The Labute approximate surface area is 94.7 Å². The minimum atomic E-state index is 0.0535. The zero-order valence-electron chi connectivity index (χ0n) is 9.17. The van der Waals surface area contributed by atoms with Crippen molar-refractivity contribution < 1.29 is 5.11 Å². The first kappa shape index (κ1) is 10.7. The van der Waals surface area contributed by atoms with Crippen LogP contribution in [0.25, 0.3) is 0 Å². The number of nitrogen functional groups attached to an aromatic ring is 1. The van der Waals surface area contributed by atoms with Gasteiger partial charge in [0, 0.05) is 13.2 Å². The maximum absolute atomic E-state index is 9.03. The molecule has 16 heavy (non-hydrogen) atoms. The highest BCUT2D eigenvalue weighted by atomic mass is 16.3. The summed E-state index contributed by atoms with van der Waals surface area (Å²) in [6, 6.07) is 5.69. The van der Waals surface area contributed by atoms with Crippen LogP contribution in [0.5, 0.6) is 0 Å². The van der Waals surface area contributed by atoms with E-state index >= 15 is 0 Å². The summed E-state index contributed by atoms with van der Waals surface area (Å²) in [4.78, 5) is 6.30. The number of hydrogen-bond acceptors (Lipinski definition) is 4. The Bertz CT molecular complexity index is 440. The molecule has 0 amide bonds. The second kappa shape index (κ2) is 4.37. The molecule has 0 aliphatic carbocycles. The summed E-state index contributed by atoms with van der Waals surface area (Å²) in [5.74, 6) is 0.524. The van der Waals surface area contributed by atoms with E-state index in [0.717, 1.165) is 11.3 Å². The van der Waals surface area contributed by atoms with Gasteiger partial charge in [-0.25, -0.2) is 4.98 Å². The summed E-state index contributed by atoms with van der Waals surface area (Å²) in [5.41, 5.74) is 7.46. The first-order valence-corrected chi connectivity index (χ1v) is 5.15. The maximum Gasteiger partial charge on any atom is 0.123 e. The highest BCUT2D eigenvalue weighted by Gasteiger charge is 2.16. The second-order valence-electron chi connectivity index (χ2n) is 3.82. The van der Waals surface area contributed by atoms with E-state index in [2.05, 4.69) is 4.98 Å². The number of hydrogen-bond donors (Lipinski definition) is 2. The average Bonchev–Trinajstić information content (AvgIpc) is 2.28. The van der Waals surface area contributed by atoms with Crippen LogP contribution in [0.1, 0.15) is 11.7 Å². The molecule has 1 aliphatic rings. The third kappa shape index (κ3) is 2.06. The lowest BCUT2D eigenvalue weighted by molar-refractivity contribution is 0.320. The molecule has 84 valence electrons. The molecule has 1 aromatic heterocycles. The van der Waals surface area contributed by atoms with Crippen molar-refractivity contribution in [1.82, 2.24) is 9.88 Å². The minimum absolute atomic E-state index is 0.0535. The van der Waals surface area contributed by atoms with E-state index in [1.807, 2.05) is 42.4 Å². The van der Waals surface area contributed by atoms with Crippen molar-refractivity contribution in [1.29, 1.82) is 0 Å². The predicted octanol–water partition coefficient (Wildman–Crippen LogP) is 1.08. The summed E-state index contributed by atoms with van der Waals surface area (Å²) in [6.45, 7) is 0.0535. The van der Waals surface area contributed by atoms with Gasteiger partial charge in [0.2, 0.25) is 0 Å². The summed E-state index contributed by atoms with van der Waals surface area (Å²) >= 11 is 0. The minimum Gasteiger partial charge on any atom is -0.392 e. The van der Waals surface area contributed by atoms with Gasteiger partial charge >= 0.3 is 0 Å². The predicted molar refractivity (Wildman–Crippen MR) is 63.5 cm³/mol. The number of aliphatic hydroxyl groups excluding tert-OH is 1. The largest absolute Gasteiger partial charge is 0.392 e. The van der Waals surface area contributed by atoms with Crippen LogP contribution < -0.4 is 5.73 Å². The molecule has 0 radical (unpaired) electrons. The fourth-order valence-corrected chi connectivity index (χ4v) is 1.77. The molecule has 2 heterocycles. The third-order valence-corrected chi connectivity index (χ3v) is 2.58. The molecule has 4 nitrogen and oxygen atoms in total. The van der Waals surface area contributed by atoms with Crippen LogP contribution in [-0.4, -0.2) is 28.6 Å². The van der Waals surface area contributed by atoms with E-state index in [1.165, 1.54) is 0 Å². The molecule has 0 saturated heterocycles. The number of nitrogens with two attached hydrogens (primary N) is 1. The Morgan fingerprint density at radius 2 is 2.31 bits per heavy atom. The standard InChI is InChI=1S/C12H15N3O/c1-15-7-9(8-16)5-6-11(15)10-3-2-4-12(13)14-10/h2-7,11,16H,8H2,1H3,(H2,13,14). The highest BCUT2D eigenvalue weighted by molar-refractivity contribution is 5.34. The third-order valence-electron chi connectivity index (χ3n) is 2.58. The normalized spacial score (nSPS) is 19.8. The fraction of sp³-hybridized carbons (Fsp3) is 0.250. The van der Waals surface area contributed by atoms with Crippen molar-refractivity contribution >= 4 is 5.82 Å². The molecule has 1 atom stereocenters. The fourth-order valence-electron chi connectivity index (χ4n) is 1.77. The van der Waals surface area contributed by atoms with Crippen molar-refractivity contribution in [2.24, 2.45) is 0 Å². The van der Waals surface area contributed by atoms with Crippen LogP contribution in [0.15, 0.2) is 42.1 Å². The van der Waals surface area contributed by atoms with Gasteiger partial charge in [-0.2, -0.15) is 0 Å². The quantitative estimate of drug-likeness (QED) is 0.778. The summed E-state index contributed by atoms with van der Waals surface area (Å²) in [5, 5.41) is 9.03. The van der Waals surface area contributed by atoms with Crippen LogP contribution in [0.3, 0.4) is 0 Å². The number of anilines is 1. The number of pyridine rings is 1. The Kier molecular flexibility index (Phi) is 2.92. The molecule has 0 saturated carbocycles. The van der Waals surface area contributed by atoms with Crippen LogP contribution in [0.2, 0.25) is 0 Å². The van der Waals surface area contributed by atoms with E-state index in [-0.39, 0.29) is 12.6 Å². The summed E-state index contributed by atoms with van der Waals surface area (Å²) in [7, 11) is 1.95. The Morgan fingerprint density at radius 1 is 1.50 bits per heavy atom. The zero-order chi connectivity index (χ0) is 11.5. The van der Waals surface area contributed by atoms with E-state index in [9.17, 15) is 0 Å². The topological polar surface area (TPSA) is 62.4 Å². The van der Waals surface area contributed by atoms with Gasteiger partial charge in [-0.15, -0.1) is 0 Å². The van der Waals surface area contributed by atoms with Crippen molar-refractivity contribution in [3.63, 3.8) is 0 Å². The van der Waals surface area contributed by atoms with Crippen molar-refractivity contribution in [3.05, 3.63) is 47.8 Å². The lowest BCUT2D eigenvalue weighted by Gasteiger charge is -2.27. The van der Waals surface area contributed by atoms with Gasteiger partial charge in [-0.3, -0.25) is 0 Å². The van der Waals surface area contributed by atoms with Crippen LogP contribution in [0.4, 0.5) is 5.82 Å². The number of aromatic nitrogens is 1. The first-order chi connectivity index (χ1) is 7.70. The summed E-state index contributed by atoms with van der Waals surface area (Å²) < 4.78 is 0. The SMILES string of the molecule is CN1C=C(CO)C=CC1c1cccc(N)n1. The van der Waals surface area contributed by atoms with E-state index in [0.29, 0.717) is 5.82 Å². The maximum atomic E-state index is 9.03. The van der Waals surface area contributed by atoms with Crippen molar-refractivity contribution in [2.45, 2.75) is 6.04 Å². The molecule has 1 aliphatic heterocycles. The van der Waals surface area contributed by atoms with Crippen LogP contribution >= 0.6 is 0 Å². The van der Waals surface area contributed by atoms with E-state index in [1.54, 1.807) is 6.07 Å². The molecule has 1 aromatic rings. The van der Waals surface area contributed by atoms with Crippen LogP contribution in [-0.2, 0) is 0 Å². The number of nitrogens with zero attached hydrogens (tertiary/aromatic N) is 2. The molecule has 4 heteroatoms. The molecule has 0 spiro atoms. The van der Waals surface area contributed by atoms with E-state index < -0.39 is 0 Å². The van der Waals surface area contributed by atoms with E-state index in [4.69, 9.17) is 10.8 Å². The zero-order valence-corrected chi connectivity index (χ0v) is 9.17. The van der Waals surface area contributed by atoms with Gasteiger partial charge in [0.1, 0.15) is 5.82 Å². The average molecular weight is 217 g/mol. The van der Waals surface area contributed by atoms with Crippen molar-refractivity contribution in [2.75, 3.05) is 19.4 Å². The van der Waals surface area contributed by atoms with Gasteiger partial charge in [-0.05, 0) is 17.7 Å². The highest BCUT2D eigenvalue weighted by Crippen LogP contribution is 2.24. The summed E-state index contributed by atoms with van der Waals surface area (Å²) in [6.07, 6.45) is 5.83. The van der Waals surface area contributed by atoms with Gasteiger partial charge < -0.3 is 15.7 Å². The Morgan fingerprint density at radius 3 is 2.94 bits per heavy atom. The van der Waals surface area contributed by atoms with Crippen molar-refractivity contribution in [3.8, 4) is 0 Å². The monoisotopic (exact) mass is 217 g/mol. The second-order valence-corrected chi connectivity index (χ2v) is 3.82. The molecule has 0 aromatic carbocycles. The number of likely N-dealkylation sites (N-methyl/N-ethyl adjacent to an activating group) is 1. The van der Waals surface area contributed by atoms with Crippen LogP contribution in [0, 0.1) is 0 Å². The van der Waals surface area contributed by atoms with Gasteiger partial charge in [-0.1, -0.05) is 18.2 Å². The molecular formula is C12H15N3O. The van der Waals surface area contributed by atoms with Gasteiger partial charge in [0.05, 0.1) is 18.3 Å². The lowest BCUT2D eigenvalue weighted by Crippen LogP contribution is -2.22. The number of aliphatic hydroxyl groups is 1. The lowest BCUT2D eigenvalue weighted by atomic mass is 10.1. The Hall–Kier alpha value is -1.81. The molecule has 1 unspecified atom stereocenters. The molecule has 3 N–H and O–H groups in total. The Balaban J connectivity index is 2.25. The smallest absolute Gasteiger partial charge is 0.123 e. The molecule has 2 rings (SSSR count). The molecule has 0 fully saturated rings. The molecule has 0 bridgehead atoms. The van der Waals surface area contributed by atoms with Gasteiger partial charge in [0.15, 0.2) is 0 Å². The van der Waals surface area contributed by atoms with Gasteiger partial charge in [0.25, 0.3) is 0 Å². The number of rotatable bonds is 2. The first-order valence-electron chi connectivity index (χ1n) is 5.15.